The van der Waals surface area contributed by atoms with Crippen molar-refractivity contribution in [1.29, 1.82) is 0 Å². The fraction of sp³-hybridized carbons (Fsp3) is 0.920. The van der Waals surface area contributed by atoms with Crippen LogP contribution in [0.15, 0.2) is 0 Å². The van der Waals surface area contributed by atoms with Crippen LogP contribution in [0.4, 0.5) is 0 Å². The highest BCUT2D eigenvalue weighted by Gasteiger charge is 2.59. The van der Waals surface area contributed by atoms with Gasteiger partial charge in [-0.2, -0.15) is 0 Å². The molecule has 4 aliphatic rings. The number of carbonyl (C=O) groups is 2. The first-order valence-electron chi connectivity index (χ1n) is 12.3. The Morgan fingerprint density at radius 3 is 2.50 bits per heavy atom. The maximum atomic E-state index is 13.4. The van der Waals surface area contributed by atoms with Crippen LogP contribution >= 0.6 is 0 Å². The molecule has 0 spiro atoms. The highest BCUT2D eigenvalue weighted by Crippen LogP contribution is 2.61. The number of hydrogen-bond donors (Lipinski definition) is 1. The van der Waals surface area contributed by atoms with Gasteiger partial charge in [-0.05, 0) is 101 Å². The molecule has 4 saturated carbocycles. The van der Waals surface area contributed by atoms with Gasteiger partial charge in [-0.1, -0.05) is 6.92 Å². The Morgan fingerprint density at radius 2 is 1.77 bits per heavy atom. The van der Waals surface area contributed by atoms with Gasteiger partial charge in [0.2, 0.25) is 0 Å². The Morgan fingerprint density at radius 1 is 1.00 bits per heavy atom. The van der Waals surface area contributed by atoms with Crippen molar-refractivity contribution in [2.24, 2.45) is 40.9 Å². The van der Waals surface area contributed by atoms with E-state index in [9.17, 15) is 14.7 Å². The van der Waals surface area contributed by atoms with Crippen molar-refractivity contribution >= 4 is 11.8 Å². The van der Waals surface area contributed by atoms with Gasteiger partial charge in [0.05, 0.1) is 18.8 Å². The monoisotopic (exact) mass is 420 g/mol. The molecular formula is C25H40O5. The molecule has 5 nitrogen and oxygen atoms in total. The lowest BCUT2D eigenvalue weighted by atomic mass is 9.45. The standard InChI is InChI=1S/C25H40O5/c1-4-29-15-25(28)13-11-17-16(14-25)6-7-19-18(17)10-12-24(3)21(19)9-8-20(22(24)26)23(27)30-5-2/h16-21,28H,4-15H2,1-3H3/t16-,17+,18-,19-,20?,21+,24+,25-/m1/s1. The number of fused-ring (bicyclic) bond motifs is 5. The molecule has 4 rings (SSSR count). The number of hydrogen-bond acceptors (Lipinski definition) is 5. The summed E-state index contributed by atoms with van der Waals surface area (Å²) in [6, 6.07) is 0. The quantitative estimate of drug-likeness (QED) is 0.534. The first-order valence-corrected chi connectivity index (χ1v) is 12.3. The minimum Gasteiger partial charge on any atom is -0.465 e. The molecule has 0 bridgehead atoms. The lowest BCUT2D eigenvalue weighted by Crippen LogP contribution is -2.57. The Labute approximate surface area is 181 Å². The number of carbonyl (C=O) groups excluding carboxylic acids is 2. The fourth-order valence-corrected chi connectivity index (χ4v) is 7.89. The minimum atomic E-state index is -0.652. The van der Waals surface area contributed by atoms with Gasteiger partial charge in [0, 0.05) is 12.0 Å². The molecule has 4 fully saturated rings. The summed E-state index contributed by atoms with van der Waals surface area (Å²) in [4.78, 5) is 25.7. The van der Waals surface area contributed by atoms with Crippen LogP contribution in [0, 0.1) is 40.9 Å². The van der Waals surface area contributed by atoms with Crippen molar-refractivity contribution < 1.29 is 24.2 Å². The van der Waals surface area contributed by atoms with Crippen molar-refractivity contribution in [2.45, 2.75) is 84.2 Å². The first kappa shape index (κ1) is 22.3. The van der Waals surface area contributed by atoms with Crippen LogP contribution in [-0.4, -0.2) is 42.3 Å². The summed E-state index contributed by atoms with van der Waals surface area (Å²) < 4.78 is 10.8. The van der Waals surface area contributed by atoms with Crippen LogP contribution in [0.3, 0.4) is 0 Å². The van der Waals surface area contributed by atoms with Gasteiger partial charge >= 0.3 is 5.97 Å². The van der Waals surface area contributed by atoms with Crippen molar-refractivity contribution in [3.05, 3.63) is 0 Å². The maximum Gasteiger partial charge on any atom is 0.316 e. The second-order valence-electron chi connectivity index (χ2n) is 10.7. The molecule has 0 aromatic heterocycles. The summed E-state index contributed by atoms with van der Waals surface area (Å²) in [5, 5.41) is 11.0. The maximum absolute atomic E-state index is 13.4. The summed E-state index contributed by atoms with van der Waals surface area (Å²) in [6.07, 6.45) is 8.72. The number of ether oxygens (including phenoxy) is 2. The lowest BCUT2D eigenvalue weighted by molar-refractivity contribution is -0.168. The van der Waals surface area contributed by atoms with Crippen LogP contribution in [0.5, 0.6) is 0 Å². The van der Waals surface area contributed by atoms with Gasteiger partial charge in [0.1, 0.15) is 5.92 Å². The highest BCUT2D eigenvalue weighted by atomic mass is 16.5. The van der Waals surface area contributed by atoms with Crippen LogP contribution in [0.2, 0.25) is 0 Å². The first-order chi connectivity index (χ1) is 14.3. The van der Waals surface area contributed by atoms with E-state index >= 15 is 0 Å². The number of aliphatic hydroxyl groups is 1. The Bertz CT molecular complexity index is 662. The Kier molecular flexibility index (Phi) is 6.33. The predicted octanol–water partition coefficient (Wildman–Crippen LogP) is 4.16. The second-order valence-corrected chi connectivity index (χ2v) is 10.7. The van der Waals surface area contributed by atoms with E-state index in [0.29, 0.717) is 55.8 Å². The van der Waals surface area contributed by atoms with Crippen LogP contribution < -0.4 is 0 Å². The van der Waals surface area contributed by atoms with E-state index in [2.05, 4.69) is 6.92 Å². The average Bonchev–Trinajstić information content (AvgIpc) is 2.73. The molecule has 1 N–H and O–H groups in total. The van der Waals surface area contributed by atoms with E-state index in [4.69, 9.17) is 9.47 Å². The molecule has 30 heavy (non-hydrogen) atoms. The summed E-state index contributed by atoms with van der Waals surface area (Å²) in [7, 11) is 0. The summed E-state index contributed by atoms with van der Waals surface area (Å²) in [6.45, 7) is 7.38. The molecule has 5 heteroatoms. The van der Waals surface area contributed by atoms with Crippen molar-refractivity contribution in [3.63, 3.8) is 0 Å². The zero-order valence-corrected chi connectivity index (χ0v) is 19.0. The van der Waals surface area contributed by atoms with Gasteiger partial charge in [0.25, 0.3) is 0 Å². The molecule has 0 aliphatic heterocycles. The van der Waals surface area contributed by atoms with Crippen LogP contribution in [-0.2, 0) is 19.1 Å². The van der Waals surface area contributed by atoms with Gasteiger partial charge in [-0.15, -0.1) is 0 Å². The van der Waals surface area contributed by atoms with E-state index in [-0.39, 0.29) is 17.2 Å². The van der Waals surface area contributed by atoms with Gasteiger partial charge in [-0.25, -0.2) is 0 Å². The van der Waals surface area contributed by atoms with E-state index < -0.39 is 11.5 Å². The molecule has 0 saturated heterocycles. The van der Waals surface area contributed by atoms with Crippen molar-refractivity contribution in [1.82, 2.24) is 0 Å². The third-order valence-corrected chi connectivity index (χ3v) is 9.29. The van der Waals surface area contributed by atoms with Gasteiger partial charge < -0.3 is 14.6 Å². The molecule has 0 heterocycles. The molecule has 170 valence electrons. The number of ketones is 1. The average molecular weight is 421 g/mol. The second kappa shape index (κ2) is 8.54. The minimum absolute atomic E-state index is 0.146. The van der Waals surface area contributed by atoms with E-state index in [1.807, 2.05) is 6.92 Å². The van der Waals surface area contributed by atoms with E-state index in [0.717, 1.165) is 51.4 Å². The Balaban J connectivity index is 1.46. The molecule has 0 amide bonds. The molecule has 4 aliphatic carbocycles. The number of Topliss-reactive ketones (excluding diaryl/α,β-unsaturated/α-hetero) is 1. The number of esters is 1. The number of rotatable bonds is 5. The smallest absolute Gasteiger partial charge is 0.316 e. The molecule has 0 aromatic carbocycles. The van der Waals surface area contributed by atoms with E-state index in [1.54, 1.807) is 6.92 Å². The summed E-state index contributed by atoms with van der Waals surface area (Å²) in [5.74, 6) is 2.21. The molecule has 0 radical (unpaired) electrons. The summed E-state index contributed by atoms with van der Waals surface area (Å²) >= 11 is 0. The summed E-state index contributed by atoms with van der Waals surface area (Å²) in [5.41, 5.74) is -1.02. The third kappa shape index (κ3) is 3.74. The van der Waals surface area contributed by atoms with Gasteiger partial charge in [-0.3, -0.25) is 9.59 Å². The Hall–Kier alpha value is -0.940. The van der Waals surface area contributed by atoms with E-state index in [1.165, 1.54) is 0 Å². The predicted molar refractivity (Wildman–Crippen MR) is 114 cm³/mol. The van der Waals surface area contributed by atoms with Crippen LogP contribution in [0.25, 0.3) is 0 Å². The molecule has 0 aromatic rings. The SMILES string of the molecule is CCOC[C@@]1(O)CC[C@H]2[C@H](CC[C@@H]3[C@@H]2CC[C@]2(C)C(=O)C(C(=O)OCC)CC[C@@H]32)C1. The van der Waals surface area contributed by atoms with Gasteiger partial charge in [0.15, 0.2) is 5.78 Å². The lowest BCUT2D eigenvalue weighted by Gasteiger charge is -2.59. The zero-order valence-electron chi connectivity index (χ0n) is 19.0. The van der Waals surface area contributed by atoms with Crippen molar-refractivity contribution in [2.75, 3.05) is 19.8 Å². The third-order valence-electron chi connectivity index (χ3n) is 9.29. The zero-order chi connectivity index (χ0) is 21.5. The topological polar surface area (TPSA) is 72.8 Å². The van der Waals surface area contributed by atoms with Crippen LogP contribution in [0.1, 0.15) is 78.6 Å². The highest BCUT2D eigenvalue weighted by molar-refractivity contribution is 6.02. The molecular weight excluding hydrogens is 380 g/mol. The molecule has 1 unspecified atom stereocenters. The fourth-order valence-electron chi connectivity index (χ4n) is 7.89. The largest absolute Gasteiger partial charge is 0.465 e. The normalized spacial score (nSPS) is 45.8. The van der Waals surface area contributed by atoms with Crippen molar-refractivity contribution in [3.8, 4) is 0 Å². The molecule has 8 atom stereocenters.